The highest BCUT2D eigenvalue weighted by atomic mass is 16.5. The van der Waals surface area contributed by atoms with E-state index in [0.29, 0.717) is 6.42 Å². The van der Waals surface area contributed by atoms with Crippen LogP contribution in [0.4, 0.5) is 0 Å². The van der Waals surface area contributed by atoms with E-state index < -0.39 is 6.10 Å². The van der Waals surface area contributed by atoms with Gasteiger partial charge in [0, 0.05) is 13.5 Å². The van der Waals surface area contributed by atoms with Gasteiger partial charge >= 0.3 is 0 Å². The second-order valence-corrected chi connectivity index (χ2v) is 5.34. The van der Waals surface area contributed by atoms with Crippen molar-refractivity contribution in [3.8, 4) is 5.75 Å². The van der Waals surface area contributed by atoms with Gasteiger partial charge in [-0.25, -0.2) is 0 Å². The Morgan fingerprint density at radius 1 is 1.47 bits per heavy atom. The lowest BCUT2D eigenvalue weighted by molar-refractivity contribution is -0.139. The predicted molar refractivity (Wildman–Crippen MR) is 73.4 cm³/mol. The quantitative estimate of drug-likeness (QED) is 0.898. The lowest BCUT2D eigenvalue weighted by Crippen LogP contribution is -2.44. The van der Waals surface area contributed by atoms with Crippen LogP contribution in [-0.4, -0.2) is 41.7 Å². The molecular weight excluding hydrogens is 242 g/mol. The minimum atomic E-state index is -0.463. The van der Waals surface area contributed by atoms with E-state index in [1.54, 1.807) is 11.9 Å². The summed E-state index contributed by atoms with van der Waals surface area (Å²) in [5.74, 6) is 0.736. The maximum Gasteiger partial charge on any atom is 0.264 e. The summed E-state index contributed by atoms with van der Waals surface area (Å²) >= 11 is 0. The monoisotopic (exact) mass is 263 g/mol. The van der Waals surface area contributed by atoms with Gasteiger partial charge in [-0.1, -0.05) is 6.07 Å². The number of rotatable bonds is 3. The first-order chi connectivity index (χ1) is 8.93. The van der Waals surface area contributed by atoms with Crippen molar-refractivity contribution in [2.75, 3.05) is 13.7 Å². The van der Waals surface area contributed by atoms with Gasteiger partial charge in [-0.15, -0.1) is 0 Å². The van der Waals surface area contributed by atoms with Crippen molar-refractivity contribution in [1.29, 1.82) is 0 Å². The Morgan fingerprint density at radius 2 is 2.11 bits per heavy atom. The fourth-order valence-corrected chi connectivity index (χ4v) is 2.22. The molecule has 2 atom stereocenters. The molecular formula is C15H21NO3. The molecule has 1 aliphatic rings. The number of likely N-dealkylation sites (N-methyl/N-ethyl adjacent to an activating group) is 1. The van der Waals surface area contributed by atoms with Crippen molar-refractivity contribution in [2.24, 2.45) is 0 Å². The zero-order valence-electron chi connectivity index (χ0n) is 11.9. The van der Waals surface area contributed by atoms with E-state index in [-0.39, 0.29) is 18.6 Å². The van der Waals surface area contributed by atoms with E-state index in [2.05, 4.69) is 13.0 Å². The molecule has 2 unspecified atom stereocenters. The summed E-state index contributed by atoms with van der Waals surface area (Å²) in [6.07, 6.45) is 0.146. The second kappa shape index (κ2) is 5.21. The normalized spacial score (nSPS) is 18.7. The number of carbonyl (C=O) groups is 1. The van der Waals surface area contributed by atoms with Crippen molar-refractivity contribution < 1.29 is 14.6 Å². The molecule has 104 valence electrons. The molecule has 1 aromatic carbocycles. The summed E-state index contributed by atoms with van der Waals surface area (Å²) in [4.78, 5) is 13.8. The zero-order chi connectivity index (χ0) is 14.2. The standard InChI is InChI=1S/C15H21NO3/c1-9-5-12-7-14(19-13(12)6-10(9)2)15(18)16(4)11(3)8-17/h5-6,11,14,17H,7-8H2,1-4H3. The SMILES string of the molecule is Cc1cc2c(cc1C)OC(C(=O)N(C)C(C)CO)C2. The lowest BCUT2D eigenvalue weighted by Gasteiger charge is -2.25. The maximum atomic E-state index is 12.3. The van der Waals surface area contributed by atoms with Gasteiger partial charge in [0.25, 0.3) is 5.91 Å². The van der Waals surface area contributed by atoms with Crippen LogP contribution >= 0.6 is 0 Å². The van der Waals surface area contributed by atoms with Crippen molar-refractivity contribution in [2.45, 2.75) is 39.3 Å². The van der Waals surface area contributed by atoms with E-state index in [1.165, 1.54) is 11.1 Å². The number of ether oxygens (including phenoxy) is 1. The molecule has 1 N–H and O–H groups in total. The van der Waals surface area contributed by atoms with Gasteiger partial charge in [0.2, 0.25) is 0 Å². The number of hydrogen-bond donors (Lipinski definition) is 1. The molecule has 4 heteroatoms. The highest BCUT2D eigenvalue weighted by Crippen LogP contribution is 2.32. The van der Waals surface area contributed by atoms with Gasteiger partial charge in [0.05, 0.1) is 12.6 Å². The van der Waals surface area contributed by atoms with E-state index in [0.717, 1.165) is 11.3 Å². The van der Waals surface area contributed by atoms with E-state index in [9.17, 15) is 4.79 Å². The summed E-state index contributed by atoms with van der Waals surface area (Å²) in [6.45, 7) is 5.87. The predicted octanol–water partition coefficient (Wildman–Crippen LogP) is 1.45. The van der Waals surface area contributed by atoms with Crippen molar-refractivity contribution in [3.63, 3.8) is 0 Å². The third kappa shape index (κ3) is 2.59. The van der Waals surface area contributed by atoms with E-state index >= 15 is 0 Å². The molecule has 0 spiro atoms. The van der Waals surface area contributed by atoms with Crippen molar-refractivity contribution >= 4 is 5.91 Å². The Morgan fingerprint density at radius 3 is 2.74 bits per heavy atom. The number of aryl methyl sites for hydroxylation is 2. The summed E-state index contributed by atoms with van der Waals surface area (Å²) in [5.41, 5.74) is 3.47. The molecule has 1 aliphatic heterocycles. The third-order valence-corrected chi connectivity index (χ3v) is 3.90. The number of aliphatic hydroxyl groups is 1. The number of fused-ring (bicyclic) bond motifs is 1. The van der Waals surface area contributed by atoms with E-state index in [4.69, 9.17) is 9.84 Å². The summed E-state index contributed by atoms with van der Waals surface area (Å²) in [7, 11) is 1.70. The van der Waals surface area contributed by atoms with Crippen LogP contribution in [0.5, 0.6) is 5.75 Å². The van der Waals surface area contributed by atoms with E-state index in [1.807, 2.05) is 19.9 Å². The number of nitrogens with zero attached hydrogens (tertiary/aromatic N) is 1. The molecule has 2 rings (SSSR count). The Balaban J connectivity index is 2.13. The third-order valence-electron chi connectivity index (χ3n) is 3.90. The Hall–Kier alpha value is -1.55. The van der Waals surface area contributed by atoms with Gasteiger partial charge in [-0.3, -0.25) is 4.79 Å². The van der Waals surface area contributed by atoms with Crippen LogP contribution in [0.2, 0.25) is 0 Å². The highest BCUT2D eigenvalue weighted by molar-refractivity contribution is 5.82. The van der Waals surface area contributed by atoms with Crippen LogP contribution in [0.15, 0.2) is 12.1 Å². The molecule has 0 aromatic heterocycles. The number of hydrogen-bond acceptors (Lipinski definition) is 3. The molecule has 1 heterocycles. The van der Waals surface area contributed by atoms with Gasteiger partial charge in [0.1, 0.15) is 5.75 Å². The molecule has 1 aromatic rings. The average molecular weight is 263 g/mol. The number of benzene rings is 1. The Bertz CT molecular complexity index is 467. The van der Waals surface area contributed by atoms with Crippen LogP contribution in [0.25, 0.3) is 0 Å². The van der Waals surface area contributed by atoms with Gasteiger partial charge < -0.3 is 14.7 Å². The first kappa shape index (κ1) is 13.9. The highest BCUT2D eigenvalue weighted by Gasteiger charge is 2.32. The molecule has 19 heavy (non-hydrogen) atoms. The van der Waals surface area contributed by atoms with Crippen molar-refractivity contribution in [1.82, 2.24) is 4.90 Å². The molecule has 1 amide bonds. The average Bonchev–Trinajstić information content (AvgIpc) is 2.79. The van der Waals surface area contributed by atoms with Crippen LogP contribution in [0.1, 0.15) is 23.6 Å². The minimum absolute atomic E-state index is 0.0415. The second-order valence-electron chi connectivity index (χ2n) is 5.34. The molecule has 0 saturated heterocycles. The number of carbonyl (C=O) groups excluding carboxylic acids is 1. The largest absolute Gasteiger partial charge is 0.480 e. The number of amides is 1. The molecule has 0 radical (unpaired) electrons. The van der Waals surface area contributed by atoms with Gasteiger partial charge in [-0.2, -0.15) is 0 Å². The van der Waals surface area contributed by atoms with Crippen molar-refractivity contribution in [3.05, 3.63) is 28.8 Å². The van der Waals surface area contributed by atoms with Crippen LogP contribution in [0, 0.1) is 13.8 Å². The van der Waals surface area contributed by atoms with Crippen LogP contribution in [0.3, 0.4) is 0 Å². The molecule has 0 bridgehead atoms. The first-order valence-corrected chi connectivity index (χ1v) is 6.58. The molecule has 4 nitrogen and oxygen atoms in total. The lowest BCUT2D eigenvalue weighted by atomic mass is 10.0. The van der Waals surface area contributed by atoms with Gasteiger partial charge in [-0.05, 0) is 43.5 Å². The maximum absolute atomic E-state index is 12.3. The fourth-order valence-electron chi connectivity index (χ4n) is 2.22. The summed E-state index contributed by atoms with van der Waals surface area (Å²) < 4.78 is 5.75. The van der Waals surface area contributed by atoms with Gasteiger partial charge in [0.15, 0.2) is 6.10 Å². The molecule has 0 fully saturated rings. The topological polar surface area (TPSA) is 49.8 Å². The van der Waals surface area contributed by atoms with Crippen LogP contribution < -0.4 is 4.74 Å². The smallest absolute Gasteiger partial charge is 0.264 e. The van der Waals surface area contributed by atoms with Crippen LogP contribution in [-0.2, 0) is 11.2 Å². The first-order valence-electron chi connectivity index (χ1n) is 6.58. The summed E-state index contributed by atoms with van der Waals surface area (Å²) in [6, 6.07) is 3.89. The number of aliphatic hydroxyl groups excluding tert-OH is 1. The fraction of sp³-hybridized carbons (Fsp3) is 0.533. The Labute approximate surface area is 114 Å². The zero-order valence-corrected chi connectivity index (χ0v) is 11.9. The summed E-state index contributed by atoms with van der Waals surface area (Å²) in [5, 5.41) is 9.11. The minimum Gasteiger partial charge on any atom is -0.480 e. The molecule has 0 aliphatic carbocycles. The molecule has 0 saturated carbocycles. The Kier molecular flexibility index (Phi) is 3.80.